The van der Waals surface area contributed by atoms with Crippen molar-refractivity contribution in [3.8, 4) is 5.75 Å². The number of hydrogen-bond acceptors (Lipinski definition) is 3. The fraction of sp³-hybridized carbons (Fsp3) is 0.231. The van der Waals surface area contributed by atoms with Gasteiger partial charge in [0.25, 0.3) is 0 Å². The highest BCUT2D eigenvalue weighted by Crippen LogP contribution is 2.17. The zero-order valence-corrected chi connectivity index (χ0v) is 19.0. The van der Waals surface area contributed by atoms with Gasteiger partial charge in [-0.2, -0.15) is 0 Å². The van der Waals surface area contributed by atoms with Gasteiger partial charge < -0.3 is 15.0 Å². The number of amides is 2. The van der Waals surface area contributed by atoms with Crippen LogP contribution < -0.4 is 10.1 Å². The maximum atomic E-state index is 13.3. The van der Waals surface area contributed by atoms with E-state index in [1.54, 1.807) is 24.1 Å². The van der Waals surface area contributed by atoms with E-state index in [4.69, 9.17) is 16.3 Å². The summed E-state index contributed by atoms with van der Waals surface area (Å²) in [6.45, 7) is 2.18. The van der Waals surface area contributed by atoms with Crippen LogP contribution in [-0.2, 0) is 29.1 Å². The molecule has 0 spiro atoms. The third kappa shape index (κ3) is 6.59. The smallest absolute Gasteiger partial charge is 0.243 e. The van der Waals surface area contributed by atoms with Crippen LogP contribution >= 0.6 is 11.6 Å². The molecule has 3 aromatic carbocycles. The highest BCUT2D eigenvalue weighted by molar-refractivity contribution is 6.30. The van der Waals surface area contributed by atoms with Crippen molar-refractivity contribution < 1.29 is 14.3 Å². The van der Waals surface area contributed by atoms with Gasteiger partial charge in [0.2, 0.25) is 11.8 Å². The number of methoxy groups -OCH3 is 1. The van der Waals surface area contributed by atoms with E-state index < -0.39 is 6.04 Å². The molecule has 0 heterocycles. The van der Waals surface area contributed by atoms with E-state index >= 15 is 0 Å². The van der Waals surface area contributed by atoms with Crippen molar-refractivity contribution >= 4 is 23.4 Å². The summed E-state index contributed by atoms with van der Waals surface area (Å²) < 4.78 is 5.21. The van der Waals surface area contributed by atoms with Crippen LogP contribution in [0.1, 0.15) is 23.6 Å². The fourth-order valence-corrected chi connectivity index (χ4v) is 3.59. The van der Waals surface area contributed by atoms with Crippen LogP contribution in [0.25, 0.3) is 0 Å². The van der Waals surface area contributed by atoms with Gasteiger partial charge in [-0.3, -0.25) is 9.59 Å². The van der Waals surface area contributed by atoms with Crippen LogP contribution in [-0.4, -0.2) is 29.9 Å². The average molecular weight is 451 g/mol. The second-order valence-corrected chi connectivity index (χ2v) is 7.98. The molecule has 0 saturated heterocycles. The molecule has 3 aromatic rings. The number of hydrogen-bond donors (Lipinski definition) is 1. The number of carbonyl (C=O) groups is 2. The summed E-state index contributed by atoms with van der Waals surface area (Å²) in [7, 11) is 1.61. The summed E-state index contributed by atoms with van der Waals surface area (Å²) >= 11 is 5.95. The quantitative estimate of drug-likeness (QED) is 0.517. The van der Waals surface area contributed by atoms with Crippen molar-refractivity contribution in [2.45, 2.75) is 32.5 Å². The Morgan fingerprint density at radius 1 is 0.906 bits per heavy atom. The van der Waals surface area contributed by atoms with Crippen molar-refractivity contribution in [2.24, 2.45) is 0 Å². The molecule has 0 bridgehead atoms. The van der Waals surface area contributed by atoms with Crippen molar-refractivity contribution in [3.05, 3.63) is 101 Å². The largest absolute Gasteiger partial charge is 0.497 e. The lowest BCUT2D eigenvalue weighted by molar-refractivity contribution is -0.139. The lowest BCUT2D eigenvalue weighted by Gasteiger charge is -2.30. The molecule has 1 N–H and O–H groups in total. The topological polar surface area (TPSA) is 58.6 Å². The molecule has 6 heteroatoms. The molecule has 0 aliphatic carbocycles. The summed E-state index contributed by atoms with van der Waals surface area (Å²) in [6, 6.07) is 23.9. The Kier molecular flexibility index (Phi) is 8.28. The van der Waals surface area contributed by atoms with Gasteiger partial charge in [0.1, 0.15) is 11.8 Å². The maximum Gasteiger partial charge on any atom is 0.243 e. The predicted molar refractivity (Wildman–Crippen MR) is 126 cm³/mol. The Labute approximate surface area is 194 Å². The van der Waals surface area contributed by atoms with Gasteiger partial charge >= 0.3 is 0 Å². The zero-order valence-electron chi connectivity index (χ0n) is 18.3. The molecule has 166 valence electrons. The first kappa shape index (κ1) is 23.4. The highest BCUT2D eigenvalue weighted by atomic mass is 35.5. The zero-order chi connectivity index (χ0) is 22.9. The Hall–Kier alpha value is -3.31. The van der Waals surface area contributed by atoms with E-state index in [1.165, 1.54) is 6.92 Å². The van der Waals surface area contributed by atoms with Crippen molar-refractivity contribution in [3.63, 3.8) is 0 Å². The third-order valence-corrected chi connectivity index (χ3v) is 5.50. The predicted octanol–water partition coefficient (Wildman–Crippen LogP) is 4.62. The maximum absolute atomic E-state index is 13.3. The second-order valence-electron chi connectivity index (χ2n) is 7.54. The molecule has 0 aromatic heterocycles. The van der Waals surface area contributed by atoms with Gasteiger partial charge in [-0.1, -0.05) is 66.2 Å². The van der Waals surface area contributed by atoms with E-state index in [9.17, 15) is 9.59 Å². The first-order valence-electron chi connectivity index (χ1n) is 10.4. The number of rotatable bonds is 9. The Balaban J connectivity index is 1.81. The molecular formula is C26H27ClN2O3. The lowest BCUT2D eigenvalue weighted by Crippen LogP contribution is -2.49. The van der Waals surface area contributed by atoms with Crippen molar-refractivity contribution in [2.75, 3.05) is 7.11 Å². The van der Waals surface area contributed by atoms with E-state index in [0.717, 1.165) is 22.4 Å². The number of carbonyl (C=O) groups excluding carboxylic acids is 2. The molecule has 0 saturated carbocycles. The average Bonchev–Trinajstić information content (AvgIpc) is 2.81. The van der Waals surface area contributed by atoms with Crippen LogP contribution in [0.15, 0.2) is 78.9 Å². The van der Waals surface area contributed by atoms with E-state index in [-0.39, 0.29) is 11.8 Å². The summed E-state index contributed by atoms with van der Waals surface area (Å²) in [5.74, 6) is 0.376. The second kappa shape index (κ2) is 11.3. The van der Waals surface area contributed by atoms with Gasteiger partial charge in [-0.15, -0.1) is 0 Å². The Bertz CT molecular complexity index is 1020. The molecule has 0 fully saturated rings. The summed E-state index contributed by atoms with van der Waals surface area (Å²) in [5, 5.41) is 3.63. The van der Waals surface area contributed by atoms with Crippen LogP contribution in [0.5, 0.6) is 5.75 Å². The van der Waals surface area contributed by atoms with Gasteiger partial charge in [0.15, 0.2) is 0 Å². The molecule has 2 amide bonds. The number of nitrogens with one attached hydrogen (secondary N) is 1. The molecular weight excluding hydrogens is 424 g/mol. The fourth-order valence-electron chi connectivity index (χ4n) is 3.46. The summed E-state index contributed by atoms with van der Waals surface area (Å²) in [4.78, 5) is 27.5. The SMILES string of the molecule is COc1ccc(CN(C(C)=O)[C@@H](Cc2ccccc2)C(=O)NCc2ccc(Cl)cc2)cc1. The first-order chi connectivity index (χ1) is 15.5. The third-order valence-electron chi connectivity index (χ3n) is 5.25. The number of ether oxygens (including phenoxy) is 1. The van der Waals surface area contributed by atoms with E-state index in [1.807, 2.05) is 66.7 Å². The van der Waals surface area contributed by atoms with Crippen LogP contribution in [0.2, 0.25) is 5.02 Å². The summed E-state index contributed by atoms with van der Waals surface area (Å²) in [5.41, 5.74) is 2.84. The van der Waals surface area contributed by atoms with Crippen molar-refractivity contribution in [1.29, 1.82) is 0 Å². The van der Waals surface area contributed by atoms with Crippen LogP contribution in [0.3, 0.4) is 0 Å². The van der Waals surface area contributed by atoms with Gasteiger partial charge in [-0.05, 0) is 41.0 Å². The van der Waals surface area contributed by atoms with Crippen molar-refractivity contribution in [1.82, 2.24) is 10.2 Å². The molecule has 0 aliphatic rings. The first-order valence-corrected chi connectivity index (χ1v) is 10.8. The molecule has 32 heavy (non-hydrogen) atoms. The van der Waals surface area contributed by atoms with Crippen LogP contribution in [0, 0.1) is 0 Å². The number of benzene rings is 3. The minimum absolute atomic E-state index is 0.164. The monoisotopic (exact) mass is 450 g/mol. The Morgan fingerprint density at radius 3 is 2.12 bits per heavy atom. The Morgan fingerprint density at radius 2 is 1.53 bits per heavy atom. The standard InChI is InChI=1S/C26H27ClN2O3/c1-19(30)29(18-22-10-14-24(32-2)15-11-22)25(16-20-6-4-3-5-7-20)26(31)28-17-21-8-12-23(27)13-9-21/h3-15,25H,16-18H2,1-2H3,(H,28,31)/t25-/m0/s1. The molecule has 1 atom stereocenters. The molecule has 0 aliphatic heterocycles. The van der Waals surface area contributed by atoms with Gasteiger partial charge in [0.05, 0.1) is 7.11 Å². The normalized spacial score (nSPS) is 11.5. The van der Waals surface area contributed by atoms with Gasteiger partial charge in [0, 0.05) is 31.5 Å². The minimum Gasteiger partial charge on any atom is -0.497 e. The lowest BCUT2D eigenvalue weighted by atomic mass is 10.0. The minimum atomic E-state index is -0.649. The van der Waals surface area contributed by atoms with Crippen LogP contribution in [0.4, 0.5) is 0 Å². The van der Waals surface area contributed by atoms with Gasteiger partial charge in [-0.25, -0.2) is 0 Å². The van der Waals surface area contributed by atoms with E-state index in [2.05, 4.69) is 5.32 Å². The summed E-state index contributed by atoms with van der Waals surface area (Å²) in [6.07, 6.45) is 0.420. The molecule has 5 nitrogen and oxygen atoms in total. The molecule has 0 unspecified atom stereocenters. The molecule has 0 radical (unpaired) electrons. The number of halogens is 1. The van der Waals surface area contributed by atoms with E-state index in [0.29, 0.717) is 24.5 Å². The highest BCUT2D eigenvalue weighted by Gasteiger charge is 2.28. The molecule has 3 rings (SSSR count). The number of nitrogens with zero attached hydrogens (tertiary/aromatic N) is 1.